The van der Waals surface area contributed by atoms with Crippen LogP contribution in [0.2, 0.25) is 0 Å². The molecule has 0 aliphatic carbocycles. The summed E-state index contributed by atoms with van der Waals surface area (Å²) in [5, 5.41) is 0. The molecule has 0 saturated heterocycles. The molecule has 1 aliphatic rings. The topological polar surface area (TPSA) is 13.1 Å². The summed E-state index contributed by atoms with van der Waals surface area (Å²) in [6.45, 7) is 3.72. The number of rotatable bonds is 4. The van der Waals surface area contributed by atoms with Gasteiger partial charge in [0.2, 0.25) is 0 Å². The standard InChI is InChI=1S/C14H12BO/c1-2-12-9-10-13(15-12)6-3-4-7-14-8-5-11-16-14/h2-11H,1H2/b6-3+,7-4+. The Balaban J connectivity index is 1.86. The fourth-order valence-electron chi connectivity index (χ4n) is 1.41. The van der Waals surface area contributed by atoms with Crippen molar-refractivity contribution in [1.29, 1.82) is 0 Å². The van der Waals surface area contributed by atoms with E-state index in [0.29, 0.717) is 0 Å². The molecule has 0 N–H and O–H groups in total. The Morgan fingerprint density at radius 1 is 1.12 bits per heavy atom. The van der Waals surface area contributed by atoms with Gasteiger partial charge in [0.05, 0.1) is 6.26 Å². The van der Waals surface area contributed by atoms with Crippen molar-refractivity contribution in [3.05, 3.63) is 78.1 Å². The van der Waals surface area contributed by atoms with Gasteiger partial charge in [0.1, 0.15) is 5.76 Å². The molecular formula is C14H12BO. The van der Waals surface area contributed by atoms with E-state index in [-0.39, 0.29) is 0 Å². The van der Waals surface area contributed by atoms with Gasteiger partial charge in [-0.3, -0.25) is 0 Å². The Morgan fingerprint density at radius 3 is 2.62 bits per heavy atom. The maximum absolute atomic E-state index is 5.17. The summed E-state index contributed by atoms with van der Waals surface area (Å²) < 4.78 is 5.17. The van der Waals surface area contributed by atoms with Crippen LogP contribution in [0.15, 0.2) is 76.8 Å². The van der Waals surface area contributed by atoms with Crippen molar-refractivity contribution in [1.82, 2.24) is 0 Å². The van der Waals surface area contributed by atoms with Crippen LogP contribution in [-0.2, 0) is 0 Å². The third kappa shape index (κ3) is 2.77. The highest BCUT2D eigenvalue weighted by Gasteiger charge is 2.03. The monoisotopic (exact) mass is 207 g/mol. The van der Waals surface area contributed by atoms with Gasteiger partial charge in [-0.05, 0) is 18.2 Å². The SMILES string of the molecule is C=CC1=CC=C(/C=C/C=C/c2ccco2)[B]1. The van der Waals surface area contributed by atoms with Crippen molar-refractivity contribution in [3.8, 4) is 0 Å². The fourth-order valence-corrected chi connectivity index (χ4v) is 1.41. The quantitative estimate of drug-likeness (QED) is 0.543. The molecular weight excluding hydrogens is 195 g/mol. The predicted molar refractivity (Wildman–Crippen MR) is 69.0 cm³/mol. The van der Waals surface area contributed by atoms with Crippen LogP contribution in [0.4, 0.5) is 0 Å². The van der Waals surface area contributed by atoms with E-state index in [2.05, 4.69) is 19.9 Å². The van der Waals surface area contributed by atoms with E-state index in [1.165, 1.54) is 5.47 Å². The van der Waals surface area contributed by atoms with Gasteiger partial charge >= 0.3 is 0 Å². The van der Waals surface area contributed by atoms with Crippen molar-refractivity contribution in [3.63, 3.8) is 0 Å². The smallest absolute Gasteiger partial charge is 0.191 e. The first-order valence-electron chi connectivity index (χ1n) is 5.16. The molecule has 1 aromatic rings. The molecule has 2 heteroatoms. The zero-order valence-electron chi connectivity index (χ0n) is 8.97. The lowest BCUT2D eigenvalue weighted by atomic mass is 9.66. The van der Waals surface area contributed by atoms with Crippen LogP contribution < -0.4 is 0 Å². The van der Waals surface area contributed by atoms with Gasteiger partial charge < -0.3 is 4.42 Å². The van der Waals surface area contributed by atoms with Gasteiger partial charge in [-0.1, -0.05) is 54.0 Å². The molecule has 1 radical (unpaired) electrons. The third-order valence-corrected chi connectivity index (χ3v) is 2.24. The predicted octanol–water partition coefficient (Wildman–Crippen LogP) is 3.52. The summed E-state index contributed by atoms with van der Waals surface area (Å²) in [4.78, 5) is 0. The highest BCUT2D eigenvalue weighted by Crippen LogP contribution is 2.11. The minimum Gasteiger partial charge on any atom is -0.465 e. The Labute approximate surface area is 96.4 Å². The number of hydrogen-bond acceptors (Lipinski definition) is 1. The highest BCUT2D eigenvalue weighted by molar-refractivity contribution is 6.57. The molecule has 0 bridgehead atoms. The van der Waals surface area contributed by atoms with Crippen molar-refractivity contribution in [2.24, 2.45) is 0 Å². The molecule has 77 valence electrons. The van der Waals surface area contributed by atoms with Crippen LogP contribution in [-0.4, -0.2) is 7.28 Å². The molecule has 1 aromatic heterocycles. The lowest BCUT2D eigenvalue weighted by molar-refractivity contribution is 0.557. The molecule has 1 nitrogen and oxygen atoms in total. The van der Waals surface area contributed by atoms with Crippen molar-refractivity contribution in [2.45, 2.75) is 0 Å². The van der Waals surface area contributed by atoms with Crippen LogP contribution in [0.25, 0.3) is 6.08 Å². The van der Waals surface area contributed by atoms with Crippen molar-refractivity contribution < 1.29 is 4.42 Å². The van der Waals surface area contributed by atoms with Gasteiger partial charge in [-0.25, -0.2) is 0 Å². The van der Waals surface area contributed by atoms with E-state index in [4.69, 9.17) is 4.42 Å². The van der Waals surface area contributed by atoms with Gasteiger partial charge in [0.25, 0.3) is 0 Å². The molecule has 2 heterocycles. The van der Waals surface area contributed by atoms with E-state index in [9.17, 15) is 0 Å². The van der Waals surface area contributed by atoms with E-state index >= 15 is 0 Å². The molecule has 0 amide bonds. The second-order valence-corrected chi connectivity index (χ2v) is 3.42. The van der Waals surface area contributed by atoms with Crippen molar-refractivity contribution >= 4 is 13.4 Å². The maximum atomic E-state index is 5.17. The summed E-state index contributed by atoms with van der Waals surface area (Å²) in [5.41, 5.74) is 2.33. The summed E-state index contributed by atoms with van der Waals surface area (Å²) in [6, 6.07) is 3.79. The summed E-state index contributed by atoms with van der Waals surface area (Å²) in [7, 11) is 2.09. The average Bonchev–Trinajstić information content (AvgIpc) is 2.95. The van der Waals surface area contributed by atoms with Gasteiger partial charge in [-0.15, -0.1) is 0 Å². The Bertz CT molecular complexity index is 473. The van der Waals surface area contributed by atoms with Crippen LogP contribution in [0.1, 0.15) is 5.76 Å². The van der Waals surface area contributed by atoms with Crippen LogP contribution >= 0.6 is 0 Å². The van der Waals surface area contributed by atoms with E-state index in [1.54, 1.807) is 6.26 Å². The maximum Gasteiger partial charge on any atom is 0.191 e. The molecule has 0 aromatic carbocycles. The minimum atomic E-state index is 0.860. The largest absolute Gasteiger partial charge is 0.465 e. The molecule has 0 saturated carbocycles. The first-order chi connectivity index (χ1) is 7.88. The number of furan rings is 1. The summed E-state index contributed by atoms with van der Waals surface area (Å²) >= 11 is 0. The third-order valence-electron chi connectivity index (χ3n) is 2.24. The molecule has 2 rings (SSSR count). The summed E-state index contributed by atoms with van der Waals surface area (Å²) in [5.74, 6) is 0.860. The minimum absolute atomic E-state index is 0.860. The Morgan fingerprint density at radius 2 is 1.94 bits per heavy atom. The molecule has 0 unspecified atom stereocenters. The lowest BCUT2D eigenvalue weighted by Crippen LogP contribution is -1.90. The van der Waals surface area contributed by atoms with Gasteiger partial charge in [0, 0.05) is 0 Å². The van der Waals surface area contributed by atoms with Gasteiger partial charge in [-0.2, -0.15) is 0 Å². The molecule has 0 fully saturated rings. The average molecular weight is 207 g/mol. The molecule has 1 aliphatic heterocycles. The fraction of sp³-hybridized carbons (Fsp3) is 0. The summed E-state index contributed by atoms with van der Waals surface area (Å²) in [6.07, 6.45) is 15.5. The second kappa shape index (κ2) is 5.22. The first kappa shape index (κ1) is 10.6. The van der Waals surface area contributed by atoms with Crippen LogP contribution in [0.5, 0.6) is 0 Å². The van der Waals surface area contributed by atoms with Crippen LogP contribution in [0, 0.1) is 0 Å². The van der Waals surface area contributed by atoms with E-state index in [1.807, 2.05) is 48.6 Å². The molecule has 0 spiro atoms. The first-order valence-corrected chi connectivity index (χ1v) is 5.16. The lowest BCUT2D eigenvalue weighted by Gasteiger charge is -1.90. The van der Waals surface area contributed by atoms with Crippen molar-refractivity contribution in [2.75, 3.05) is 0 Å². The number of allylic oxidation sites excluding steroid dienone is 8. The Kier molecular flexibility index (Phi) is 3.44. The van der Waals surface area contributed by atoms with E-state index in [0.717, 1.165) is 11.2 Å². The zero-order chi connectivity index (χ0) is 11.2. The Hall–Kier alpha value is -1.96. The van der Waals surface area contributed by atoms with Gasteiger partial charge in [0.15, 0.2) is 7.28 Å². The van der Waals surface area contributed by atoms with Crippen LogP contribution in [0.3, 0.4) is 0 Å². The van der Waals surface area contributed by atoms with E-state index < -0.39 is 0 Å². The normalized spacial score (nSPS) is 15.2. The highest BCUT2D eigenvalue weighted by atomic mass is 16.3. The zero-order valence-corrected chi connectivity index (χ0v) is 8.97. The molecule has 0 atom stereocenters. The second-order valence-electron chi connectivity index (χ2n) is 3.42. The molecule has 16 heavy (non-hydrogen) atoms. The number of hydrogen-bond donors (Lipinski definition) is 0.